The monoisotopic (exact) mass is 297 g/mol. The van der Waals surface area contributed by atoms with Crippen LogP contribution in [0.5, 0.6) is 0 Å². The van der Waals surface area contributed by atoms with Crippen LogP contribution in [0.25, 0.3) is 0 Å². The normalized spacial score (nSPS) is 18.9. The molecule has 1 fully saturated rings. The van der Waals surface area contributed by atoms with Crippen LogP contribution in [-0.4, -0.2) is 29.1 Å². The summed E-state index contributed by atoms with van der Waals surface area (Å²) in [6, 6.07) is 6.44. The predicted molar refractivity (Wildman–Crippen MR) is 76.3 cm³/mol. The number of nitrogens with zero attached hydrogens (tertiary/aromatic N) is 1. The summed E-state index contributed by atoms with van der Waals surface area (Å²) in [5, 5.41) is 9.36. The van der Waals surface area contributed by atoms with Crippen molar-refractivity contribution in [3.05, 3.63) is 35.4 Å². The van der Waals surface area contributed by atoms with Crippen LogP contribution in [0.2, 0.25) is 0 Å². The molecule has 0 atom stereocenters. The Bertz CT molecular complexity index is 497. The summed E-state index contributed by atoms with van der Waals surface area (Å²) in [5.74, 6) is -0.718. The van der Waals surface area contributed by atoms with Crippen molar-refractivity contribution >= 4 is 5.97 Å². The molecule has 21 heavy (non-hydrogen) atoms. The van der Waals surface area contributed by atoms with Crippen molar-refractivity contribution in [3.8, 4) is 0 Å². The summed E-state index contributed by atoms with van der Waals surface area (Å²) in [6.07, 6.45) is -0.580. The first-order chi connectivity index (χ1) is 9.97. The first-order valence-corrected chi connectivity index (χ1v) is 7.29. The lowest BCUT2D eigenvalue weighted by molar-refractivity contribution is -0.152. The summed E-state index contributed by atoms with van der Waals surface area (Å²) in [6.45, 7) is 3.90. The fourth-order valence-corrected chi connectivity index (χ4v) is 2.94. The van der Waals surface area contributed by atoms with Crippen molar-refractivity contribution in [2.24, 2.45) is 5.41 Å². The minimum Gasteiger partial charge on any atom is -0.481 e. The van der Waals surface area contributed by atoms with Crippen molar-refractivity contribution in [1.82, 2.24) is 4.90 Å². The van der Waals surface area contributed by atoms with Crippen LogP contribution in [0.1, 0.15) is 43.7 Å². The maximum Gasteiger partial charge on any atom is 0.309 e. The highest BCUT2D eigenvalue weighted by molar-refractivity contribution is 5.74. The second-order valence-corrected chi connectivity index (χ2v) is 5.76. The van der Waals surface area contributed by atoms with Crippen LogP contribution < -0.4 is 0 Å². The number of hydrogen-bond donors (Lipinski definition) is 1. The smallest absolute Gasteiger partial charge is 0.309 e. The molecule has 0 bridgehead atoms. The number of piperidine rings is 1. The molecule has 116 valence electrons. The highest BCUT2D eigenvalue weighted by atomic mass is 19.3. The van der Waals surface area contributed by atoms with Gasteiger partial charge in [0.25, 0.3) is 6.43 Å². The highest BCUT2D eigenvalue weighted by Crippen LogP contribution is 2.35. The van der Waals surface area contributed by atoms with Gasteiger partial charge in [0.1, 0.15) is 0 Å². The third kappa shape index (κ3) is 3.59. The van der Waals surface area contributed by atoms with Crippen molar-refractivity contribution in [3.63, 3.8) is 0 Å². The molecule has 1 aliphatic rings. The van der Waals surface area contributed by atoms with Crippen LogP contribution in [0.3, 0.4) is 0 Å². The van der Waals surface area contributed by atoms with Crippen LogP contribution in [0.4, 0.5) is 8.78 Å². The van der Waals surface area contributed by atoms with Gasteiger partial charge in [-0.15, -0.1) is 0 Å². The van der Waals surface area contributed by atoms with E-state index in [1.807, 2.05) is 13.0 Å². The standard InChI is InChI=1S/C16H21F2NO2/c1-2-16(15(20)21)6-8-19(9-7-16)11-12-4-3-5-13(10-12)14(17)18/h3-5,10,14H,2,6-9,11H2,1H3,(H,20,21). The van der Waals surface area contributed by atoms with E-state index in [0.29, 0.717) is 38.9 Å². The molecule has 2 rings (SSSR count). The molecular weight excluding hydrogens is 276 g/mol. The van der Waals surface area contributed by atoms with Crippen LogP contribution in [0, 0.1) is 5.41 Å². The Kier molecular flexibility index (Phi) is 4.93. The number of halogens is 2. The van der Waals surface area contributed by atoms with Crippen molar-refractivity contribution in [2.75, 3.05) is 13.1 Å². The van der Waals surface area contributed by atoms with Gasteiger partial charge in [-0.25, -0.2) is 8.78 Å². The molecule has 0 aliphatic carbocycles. The third-order valence-corrected chi connectivity index (χ3v) is 4.55. The average molecular weight is 297 g/mol. The Morgan fingerprint density at radius 1 is 1.38 bits per heavy atom. The molecule has 0 spiro atoms. The number of aliphatic carboxylic acids is 1. The van der Waals surface area contributed by atoms with Gasteiger partial charge in [0.2, 0.25) is 0 Å². The maximum atomic E-state index is 12.7. The Morgan fingerprint density at radius 2 is 2.05 bits per heavy atom. The zero-order valence-corrected chi connectivity index (χ0v) is 12.2. The van der Waals surface area contributed by atoms with E-state index in [2.05, 4.69) is 4.90 Å². The molecule has 0 saturated carbocycles. The molecule has 0 radical (unpaired) electrons. The molecule has 0 aromatic heterocycles. The molecule has 1 aromatic carbocycles. The van der Waals surface area contributed by atoms with Gasteiger partial charge in [0.15, 0.2) is 0 Å². The molecule has 1 N–H and O–H groups in total. The number of carbonyl (C=O) groups is 1. The Labute approximate surface area is 123 Å². The summed E-state index contributed by atoms with van der Waals surface area (Å²) >= 11 is 0. The van der Waals surface area contributed by atoms with E-state index in [0.717, 1.165) is 5.56 Å². The van der Waals surface area contributed by atoms with Gasteiger partial charge in [-0.1, -0.05) is 25.1 Å². The van der Waals surface area contributed by atoms with Crippen LogP contribution >= 0.6 is 0 Å². The maximum absolute atomic E-state index is 12.7. The number of carboxylic acids is 1. The zero-order chi connectivity index (χ0) is 15.5. The van der Waals surface area contributed by atoms with E-state index in [1.165, 1.54) is 12.1 Å². The topological polar surface area (TPSA) is 40.5 Å². The molecule has 5 heteroatoms. The first kappa shape index (κ1) is 15.9. The van der Waals surface area contributed by atoms with E-state index in [1.54, 1.807) is 6.07 Å². The van der Waals surface area contributed by atoms with E-state index in [9.17, 15) is 18.7 Å². The van der Waals surface area contributed by atoms with Crippen LogP contribution in [-0.2, 0) is 11.3 Å². The second kappa shape index (κ2) is 6.52. The van der Waals surface area contributed by atoms with Crippen molar-refractivity contribution in [1.29, 1.82) is 0 Å². The number of hydrogen-bond acceptors (Lipinski definition) is 2. The first-order valence-electron chi connectivity index (χ1n) is 7.29. The number of likely N-dealkylation sites (tertiary alicyclic amines) is 1. The van der Waals surface area contributed by atoms with E-state index in [-0.39, 0.29) is 5.56 Å². The van der Waals surface area contributed by atoms with Gasteiger partial charge in [-0.3, -0.25) is 9.69 Å². The number of benzene rings is 1. The fraction of sp³-hybridized carbons (Fsp3) is 0.562. The van der Waals surface area contributed by atoms with Crippen molar-refractivity contribution < 1.29 is 18.7 Å². The SMILES string of the molecule is CCC1(C(=O)O)CCN(Cc2cccc(C(F)F)c2)CC1. The lowest BCUT2D eigenvalue weighted by Gasteiger charge is -2.38. The van der Waals surface area contributed by atoms with E-state index in [4.69, 9.17) is 0 Å². The number of alkyl halides is 2. The fourth-order valence-electron chi connectivity index (χ4n) is 2.94. The molecule has 0 unspecified atom stereocenters. The largest absolute Gasteiger partial charge is 0.481 e. The lowest BCUT2D eigenvalue weighted by Crippen LogP contribution is -2.43. The highest BCUT2D eigenvalue weighted by Gasteiger charge is 2.39. The molecular formula is C16H21F2NO2. The Balaban J connectivity index is 1.97. The third-order valence-electron chi connectivity index (χ3n) is 4.55. The minimum atomic E-state index is -2.45. The lowest BCUT2D eigenvalue weighted by atomic mass is 9.76. The van der Waals surface area contributed by atoms with Gasteiger partial charge in [-0.05, 0) is 44.0 Å². The van der Waals surface area contributed by atoms with Gasteiger partial charge in [-0.2, -0.15) is 0 Å². The molecule has 3 nitrogen and oxygen atoms in total. The Morgan fingerprint density at radius 3 is 2.57 bits per heavy atom. The van der Waals surface area contributed by atoms with Crippen molar-refractivity contribution in [2.45, 2.75) is 39.2 Å². The average Bonchev–Trinajstić information content (AvgIpc) is 2.48. The van der Waals surface area contributed by atoms with Gasteiger partial charge >= 0.3 is 5.97 Å². The molecule has 1 aromatic rings. The van der Waals surface area contributed by atoms with E-state index < -0.39 is 17.8 Å². The van der Waals surface area contributed by atoms with Gasteiger partial charge < -0.3 is 5.11 Å². The van der Waals surface area contributed by atoms with Crippen LogP contribution in [0.15, 0.2) is 24.3 Å². The molecule has 1 aliphatic heterocycles. The summed E-state index contributed by atoms with van der Waals surface area (Å²) in [7, 11) is 0. The zero-order valence-electron chi connectivity index (χ0n) is 12.2. The van der Waals surface area contributed by atoms with Gasteiger partial charge in [0, 0.05) is 12.1 Å². The summed E-state index contributed by atoms with van der Waals surface area (Å²) < 4.78 is 25.4. The quantitative estimate of drug-likeness (QED) is 0.901. The van der Waals surface area contributed by atoms with E-state index >= 15 is 0 Å². The summed E-state index contributed by atoms with van der Waals surface area (Å²) in [5.41, 5.74) is 0.284. The number of carboxylic acid groups (broad SMARTS) is 1. The Hall–Kier alpha value is -1.49. The minimum absolute atomic E-state index is 0.0398. The second-order valence-electron chi connectivity index (χ2n) is 5.76. The summed E-state index contributed by atoms with van der Waals surface area (Å²) in [4.78, 5) is 13.5. The molecule has 1 heterocycles. The molecule has 1 saturated heterocycles. The number of rotatable bonds is 5. The predicted octanol–water partition coefficient (Wildman–Crippen LogP) is 3.70. The molecule has 0 amide bonds. The van der Waals surface area contributed by atoms with Gasteiger partial charge in [0.05, 0.1) is 5.41 Å².